The van der Waals surface area contributed by atoms with Crippen molar-refractivity contribution in [2.75, 3.05) is 5.32 Å². The van der Waals surface area contributed by atoms with E-state index in [0.717, 1.165) is 5.01 Å². The molecule has 0 aliphatic carbocycles. The lowest BCUT2D eigenvalue weighted by Gasteiger charge is -1.99. The number of aromatic nitrogens is 4. The van der Waals surface area contributed by atoms with Crippen LogP contribution in [-0.2, 0) is 11.2 Å². The van der Waals surface area contributed by atoms with Crippen molar-refractivity contribution < 1.29 is 4.79 Å². The van der Waals surface area contributed by atoms with Crippen molar-refractivity contribution in [2.24, 2.45) is 0 Å². The van der Waals surface area contributed by atoms with Crippen LogP contribution in [0.15, 0.2) is 18.6 Å². The first kappa shape index (κ1) is 10.6. The number of rotatable bonds is 3. The van der Waals surface area contributed by atoms with Gasteiger partial charge in [0, 0.05) is 6.20 Å². The maximum atomic E-state index is 11.6. The van der Waals surface area contributed by atoms with Gasteiger partial charge in [-0.1, -0.05) is 11.3 Å². The van der Waals surface area contributed by atoms with Crippen LogP contribution in [0.4, 0.5) is 5.13 Å². The second-order valence-electron chi connectivity index (χ2n) is 3.05. The summed E-state index contributed by atoms with van der Waals surface area (Å²) >= 11 is 1.34. The number of amides is 1. The molecule has 0 atom stereocenters. The van der Waals surface area contributed by atoms with Crippen LogP contribution in [0.3, 0.4) is 0 Å². The Kier molecular flexibility index (Phi) is 3.16. The highest BCUT2D eigenvalue weighted by Gasteiger charge is 2.07. The van der Waals surface area contributed by atoms with Gasteiger partial charge >= 0.3 is 0 Å². The van der Waals surface area contributed by atoms with Crippen LogP contribution in [0, 0.1) is 6.92 Å². The molecule has 0 aliphatic rings. The molecule has 0 radical (unpaired) electrons. The molecule has 2 aromatic rings. The molecule has 0 aromatic carbocycles. The van der Waals surface area contributed by atoms with Crippen molar-refractivity contribution in [3.63, 3.8) is 0 Å². The maximum Gasteiger partial charge on any atom is 0.232 e. The third-order valence-corrected chi connectivity index (χ3v) is 2.51. The van der Waals surface area contributed by atoms with Gasteiger partial charge in [-0.3, -0.25) is 4.79 Å². The average Bonchev–Trinajstić information content (AvgIpc) is 2.65. The summed E-state index contributed by atoms with van der Waals surface area (Å²) in [6.45, 7) is 1.83. The normalized spacial score (nSPS) is 10.1. The van der Waals surface area contributed by atoms with Crippen molar-refractivity contribution in [3.8, 4) is 0 Å². The fourth-order valence-electron chi connectivity index (χ4n) is 1.10. The second-order valence-corrected chi connectivity index (χ2v) is 4.23. The summed E-state index contributed by atoms with van der Waals surface area (Å²) in [5.41, 5.74) is 0.675. The lowest BCUT2D eigenvalue weighted by atomic mass is 10.3. The van der Waals surface area contributed by atoms with Crippen molar-refractivity contribution in [3.05, 3.63) is 29.3 Å². The van der Waals surface area contributed by atoms with Gasteiger partial charge in [-0.05, 0) is 13.0 Å². The Bertz CT molecular complexity index is 484. The number of carbonyl (C=O) groups excluding carboxylic acids is 1. The van der Waals surface area contributed by atoms with E-state index in [2.05, 4.69) is 25.5 Å². The fourth-order valence-corrected chi connectivity index (χ4v) is 1.71. The molecule has 2 aromatic heterocycles. The fraction of sp³-hybridized carbons (Fsp3) is 0.222. The quantitative estimate of drug-likeness (QED) is 0.851. The van der Waals surface area contributed by atoms with Gasteiger partial charge in [0.15, 0.2) is 0 Å². The number of nitrogens with one attached hydrogen (secondary N) is 1. The summed E-state index contributed by atoms with van der Waals surface area (Å²) in [7, 11) is 0. The number of hydrogen-bond donors (Lipinski definition) is 1. The third kappa shape index (κ3) is 2.80. The molecule has 0 spiro atoms. The molecule has 16 heavy (non-hydrogen) atoms. The van der Waals surface area contributed by atoms with Crippen LogP contribution in [0.1, 0.15) is 10.7 Å². The molecular weight excluding hydrogens is 226 g/mol. The number of aryl methyl sites for hydroxylation is 1. The Morgan fingerprint density at radius 3 is 3.00 bits per heavy atom. The molecule has 7 heteroatoms. The summed E-state index contributed by atoms with van der Waals surface area (Å²) in [5, 5.41) is 11.6. The maximum absolute atomic E-state index is 11.6. The first-order valence-electron chi connectivity index (χ1n) is 4.59. The zero-order chi connectivity index (χ0) is 11.4. The van der Waals surface area contributed by atoms with E-state index in [1.165, 1.54) is 17.7 Å². The predicted molar refractivity (Wildman–Crippen MR) is 59.0 cm³/mol. The summed E-state index contributed by atoms with van der Waals surface area (Å²) in [5.74, 6) is -0.158. The molecule has 1 amide bonds. The minimum absolute atomic E-state index is 0.158. The highest BCUT2D eigenvalue weighted by molar-refractivity contribution is 7.15. The van der Waals surface area contributed by atoms with Gasteiger partial charge in [0.05, 0.1) is 12.1 Å². The summed E-state index contributed by atoms with van der Waals surface area (Å²) in [6, 6.07) is 1.70. The summed E-state index contributed by atoms with van der Waals surface area (Å²) in [4.78, 5) is 19.3. The number of anilines is 1. The highest BCUT2D eigenvalue weighted by atomic mass is 32.1. The first-order chi connectivity index (χ1) is 7.74. The summed E-state index contributed by atoms with van der Waals surface area (Å²) < 4.78 is 0. The Morgan fingerprint density at radius 2 is 2.38 bits per heavy atom. The molecule has 0 saturated carbocycles. The number of nitrogens with zero attached hydrogens (tertiary/aromatic N) is 4. The number of hydrogen-bond acceptors (Lipinski definition) is 6. The SMILES string of the molecule is Cc1nnc(NC(=O)Cc2ccncn2)s1. The van der Waals surface area contributed by atoms with Crippen LogP contribution in [0.25, 0.3) is 0 Å². The Morgan fingerprint density at radius 1 is 1.50 bits per heavy atom. The largest absolute Gasteiger partial charge is 0.300 e. The smallest absolute Gasteiger partial charge is 0.232 e. The van der Waals surface area contributed by atoms with Gasteiger partial charge in [0.25, 0.3) is 0 Å². The van der Waals surface area contributed by atoms with E-state index in [1.807, 2.05) is 6.92 Å². The molecule has 0 unspecified atom stereocenters. The number of carbonyl (C=O) groups is 1. The van der Waals surface area contributed by atoms with Crippen LogP contribution < -0.4 is 5.32 Å². The lowest BCUT2D eigenvalue weighted by molar-refractivity contribution is -0.115. The zero-order valence-electron chi connectivity index (χ0n) is 8.54. The molecule has 0 bridgehead atoms. The van der Waals surface area contributed by atoms with Gasteiger partial charge in [0.2, 0.25) is 11.0 Å². The van der Waals surface area contributed by atoms with E-state index in [-0.39, 0.29) is 12.3 Å². The van der Waals surface area contributed by atoms with Gasteiger partial charge < -0.3 is 5.32 Å². The zero-order valence-corrected chi connectivity index (χ0v) is 9.36. The van der Waals surface area contributed by atoms with Crippen molar-refractivity contribution in [2.45, 2.75) is 13.3 Å². The lowest BCUT2D eigenvalue weighted by Crippen LogP contribution is -2.15. The van der Waals surface area contributed by atoms with Crippen LogP contribution in [0.2, 0.25) is 0 Å². The van der Waals surface area contributed by atoms with Crippen LogP contribution >= 0.6 is 11.3 Å². The van der Waals surface area contributed by atoms with E-state index in [4.69, 9.17) is 0 Å². The Hall–Kier alpha value is -1.89. The standard InChI is InChI=1S/C9H9N5OS/c1-6-13-14-9(16-6)12-8(15)4-7-2-3-10-5-11-7/h2-3,5H,4H2,1H3,(H,12,14,15). The van der Waals surface area contributed by atoms with Crippen molar-refractivity contribution >= 4 is 22.4 Å². The molecular formula is C9H9N5OS. The second kappa shape index (κ2) is 4.75. The van der Waals surface area contributed by atoms with Crippen LogP contribution in [0.5, 0.6) is 0 Å². The Balaban J connectivity index is 1.95. The molecule has 2 rings (SSSR count). The molecule has 0 aliphatic heterocycles. The molecule has 0 fully saturated rings. The van der Waals surface area contributed by atoms with Gasteiger partial charge in [-0.15, -0.1) is 10.2 Å². The topological polar surface area (TPSA) is 80.7 Å². The van der Waals surface area contributed by atoms with E-state index < -0.39 is 0 Å². The van der Waals surface area contributed by atoms with E-state index in [0.29, 0.717) is 10.8 Å². The van der Waals surface area contributed by atoms with Gasteiger partial charge in [-0.25, -0.2) is 9.97 Å². The predicted octanol–water partition coefficient (Wildman–Crippen LogP) is 0.818. The van der Waals surface area contributed by atoms with E-state index in [1.54, 1.807) is 12.3 Å². The van der Waals surface area contributed by atoms with Crippen molar-refractivity contribution in [1.82, 2.24) is 20.2 Å². The minimum Gasteiger partial charge on any atom is -0.300 e. The molecule has 0 saturated heterocycles. The highest BCUT2D eigenvalue weighted by Crippen LogP contribution is 2.13. The van der Waals surface area contributed by atoms with E-state index in [9.17, 15) is 4.79 Å². The molecule has 1 N–H and O–H groups in total. The van der Waals surface area contributed by atoms with Crippen LogP contribution in [-0.4, -0.2) is 26.1 Å². The Labute approximate surface area is 95.8 Å². The van der Waals surface area contributed by atoms with E-state index >= 15 is 0 Å². The minimum atomic E-state index is -0.158. The molecule has 82 valence electrons. The summed E-state index contributed by atoms with van der Waals surface area (Å²) in [6.07, 6.45) is 3.23. The molecule has 2 heterocycles. The first-order valence-corrected chi connectivity index (χ1v) is 5.40. The molecule has 6 nitrogen and oxygen atoms in total. The third-order valence-electron chi connectivity index (χ3n) is 1.76. The van der Waals surface area contributed by atoms with Gasteiger partial charge in [-0.2, -0.15) is 0 Å². The van der Waals surface area contributed by atoms with Gasteiger partial charge in [0.1, 0.15) is 11.3 Å². The monoisotopic (exact) mass is 235 g/mol. The van der Waals surface area contributed by atoms with Crippen molar-refractivity contribution in [1.29, 1.82) is 0 Å². The average molecular weight is 235 g/mol.